The van der Waals surface area contributed by atoms with Crippen molar-refractivity contribution < 1.29 is 19.1 Å². The van der Waals surface area contributed by atoms with Crippen molar-refractivity contribution in [1.82, 2.24) is 4.90 Å². The fraction of sp³-hybridized carbons (Fsp3) is 0.611. The summed E-state index contributed by atoms with van der Waals surface area (Å²) in [7, 11) is 0. The molecule has 0 saturated carbocycles. The van der Waals surface area contributed by atoms with Crippen LogP contribution in [0.25, 0.3) is 0 Å². The molecule has 1 aliphatic heterocycles. The number of carbonyl (C=O) groups excluding carboxylic acids is 3. The summed E-state index contributed by atoms with van der Waals surface area (Å²) in [6.07, 6.45) is 1.33. The molecule has 0 aliphatic carbocycles. The molecule has 1 fully saturated rings. The van der Waals surface area contributed by atoms with Gasteiger partial charge in [0.25, 0.3) is 0 Å². The molecule has 0 aromatic carbocycles. The van der Waals surface area contributed by atoms with Crippen molar-refractivity contribution >= 4 is 34.1 Å². The lowest BCUT2D eigenvalue weighted by Gasteiger charge is -2.32. The van der Waals surface area contributed by atoms with E-state index >= 15 is 0 Å². The van der Waals surface area contributed by atoms with E-state index < -0.39 is 0 Å². The Hall–Kier alpha value is -1.89. The lowest BCUT2D eigenvalue weighted by Crippen LogP contribution is -2.43. The van der Waals surface area contributed by atoms with Crippen molar-refractivity contribution in [2.24, 2.45) is 11.8 Å². The quantitative estimate of drug-likeness (QED) is 0.813. The van der Waals surface area contributed by atoms with E-state index in [9.17, 15) is 14.4 Å². The van der Waals surface area contributed by atoms with Crippen LogP contribution in [0.15, 0.2) is 6.07 Å². The Bertz CT molecular complexity index is 646. The third-order valence-electron chi connectivity index (χ3n) is 4.30. The molecule has 7 heteroatoms. The van der Waals surface area contributed by atoms with Crippen molar-refractivity contribution in [3.63, 3.8) is 0 Å². The standard InChI is InChI=1S/C18H26N2O4S/c1-5-24-18(23)15-12(4)10-14(25-15)19-16(21)13-6-8-20(9-7-13)17(22)11(2)3/h10-11,13H,5-9H2,1-4H3,(H,19,21). The van der Waals surface area contributed by atoms with Gasteiger partial charge in [-0.2, -0.15) is 0 Å². The minimum atomic E-state index is -0.356. The van der Waals surface area contributed by atoms with E-state index in [0.717, 1.165) is 5.56 Å². The van der Waals surface area contributed by atoms with Crippen LogP contribution in [0.5, 0.6) is 0 Å². The van der Waals surface area contributed by atoms with Crippen LogP contribution in [0.3, 0.4) is 0 Å². The number of amides is 2. The van der Waals surface area contributed by atoms with Crippen LogP contribution < -0.4 is 5.32 Å². The van der Waals surface area contributed by atoms with Crippen molar-refractivity contribution in [2.75, 3.05) is 25.0 Å². The number of aryl methyl sites for hydroxylation is 1. The number of esters is 1. The van der Waals surface area contributed by atoms with Crippen LogP contribution in [0, 0.1) is 18.8 Å². The number of carbonyl (C=O) groups is 3. The van der Waals surface area contributed by atoms with Gasteiger partial charge in [0.1, 0.15) is 4.88 Å². The van der Waals surface area contributed by atoms with Crippen molar-refractivity contribution in [2.45, 2.75) is 40.5 Å². The van der Waals surface area contributed by atoms with E-state index in [0.29, 0.717) is 42.4 Å². The summed E-state index contributed by atoms with van der Waals surface area (Å²) >= 11 is 1.24. The first-order chi connectivity index (χ1) is 11.8. The molecule has 1 N–H and O–H groups in total. The molecule has 0 spiro atoms. The maximum Gasteiger partial charge on any atom is 0.348 e. The molecule has 1 aromatic rings. The number of likely N-dealkylation sites (tertiary alicyclic amines) is 1. The second kappa shape index (κ2) is 8.47. The minimum absolute atomic E-state index is 0.0132. The van der Waals surface area contributed by atoms with Crippen LogP contribution in [-0.4, -0.2) is 42.4 Å². The molecule has 0 unspecified atom stereocenters. The van der Waals surface area contributed by atoms with Crippen LogP contribution in [0.4, 0.5) is 5.00 Å². The molecule has 25 heavy (non-hydrogen) atoms. The van der Waals surface area contributed by atoms with Gasteiger partial charge in [0.2, 0.25) is 11.8 Å². The number of nitrogens with zero attached hydrogens (tertiary/aromatic N) is 1. The summed E-state index contributed by atoms with van der Waals surface area (Å²) in [6.45, 7) is 8.93. The van der Waals surface area contributed by atoms with E-state index in [1.807, 2.05) is 25.7 Å². The molecule has 1 aromatic heterocycles. The molecular weight excluding hydrogens is 340 g/mol. The fourth-order valence-electron chi connectivity index (χ4n) is 2.89. The summed E-state index contributed by atoms with van der Waals surface area (Å²) in [5, 5.41) is 3.56. The van der Waals surface area contributed by atoms with Gasteiger partial charge in [-0.3, -0.25) is 9.59 Å². The number of ether oxygens (including phenoxy) is 1. The number of anilines is 1. The van der Waals surface area contributed by atoms with Crippen LogP contribution in [0.1, 0.15) is 48.8 Å². The van der Waals surface area contributed by atoms with Crippen LogP contribution >= 0.6 is 11.3 Å². The highest BCUT2D eigenvalue weighted by atomic mass is 32.1. The van der Waals surface area contributed by atoms with Crippen LogP contribution in [0.2, 0.25) is 0 Å². The van der Waals surface area contributed by atoms with Gasteiger partial charge in [0.05, 0.1) is 11.6 Å². The Kier molecular flexibility index (Phi) is 6.58. The maximum atomic E-state index is 12.5. The zero-order valence-corrected chi connectivity index (χ0v) is 16.1. The summed E-state index contributed by atoms with van der Waals surface area (Å²) in [5.41, 5.74) is 0.802. The first-order valence-electron chi connectivity index (χ1n) is 8.70. The van der Waals surface area contributed by atoms with E-state index in [2.05, 4.69) is 5.32 Å². The molecule has 138 valence electrons. The van der Waals surface area contributed by atoms with Gasteiger partial charge in [-0.15, -0.1) is 11.3 Å². The van der Waals surface area contributed by atoms with E-state index in [4.69, 9.17) is 4.74 Å². The molecule has 1 aliphatic rings. The Morgan fingerprint density at radius 3 is 2.52 bits per heavy atom. The predicted molar refractivity (Wildman–Crippen MR) is 97.8 cm³/mol. The molecule has 0 radical (unpaired) electrons. The first-order valence-corrected chi connectivity index (χ1v) is 9.52. The Morgan fingerprint density at radius 2 is 1.96 bits per heavy atom. The summed E-state index contributed by atoms with van der Waals surface area (Å²) in [5.74, 6) is -0.378. The zero-order chi connectivity index (χ0) is 18.6. The second-order valence-corrected chi connectivity index (χ2v) is 7.64. The summed E-state index contributed by atoms with van der Waals surface area (Å²) in [6, 6.07) is 1.80. The average molecular weight is 366 g/mol. The third kappa shape index (κ3) is 4.81. The fourth-order valence-corrected chi connectivity index (χ4v) is 3.86. The second-order valence-electron chi connectivity index (χ2n) is 6.59. The lowest BCUT2D eigenvalue weighted by molar-refractivity contribution is -0.137. The van der Waals surface area contributed by atoms with Gasteiger partial charge in [-0.1, -0.05) is 13.8 Å². The third-order valence-corrected chi connectivity index (χ3v) is 5.43. The number of hydrogen-bond donors (Lipinski definition) is 1. The summed E-state index contributed by atoms with van der Waals surface area (Å²) < 4.78 is 5.02. The predicted octanol–water partition coefficient (Wildman–Crippen LogP) is 3.07. The Balaban J connectivity index is 1.92. The number of rotatable bonds is 5. The minimum Gasteiger partial charge on any atom is -0.462 e. The number of hydrogen-bond acceptors (Lipinski definition) is 5. The highest BCUT2D eigenvalue weighted by molar-refractivity contribution is 7.18. The normalized spacial score (nSPS) is 15.3. The Labute approximate surface area is 152 Å². The molecule has 0 bridgehead atoms. The van der Waals surface area contributed by atoms with Crippen molar-refractivity contribution in [1.29, 1.82) is 0 Å². The smallest absolute Gasteiger partial charge is 0.348 e. The monoisotopic (exact) mass is 366 g/mol. The highest BCUT2D eigenvalue weighted by Crippen LogP contribution is 2.29. The largest absolute Gasteiger partial charge is 0.462 e. The highest BCUT2D eigenvalue weighted by Gasteiger charge is 2.28. The Morgan fingerprint density at radius 1 is 1.32 bits per heavy atom. The number of nitrogens with one attached hydrogen (secondary N) is 1. The van der Waals surface area contributed by atoms with Crippen molar-refractivity contribution in [3.05, 3.63) is 16.5 Å². The van der Waals surface area contributed by atoms with E-state index in [-0.39, 0.29) is 29.6 Å². The average Bonchev–Trinajstić information content (AvgIpc) is 2.94. The first kappa shape index (κ1) is 19.4. The lowest BCUT2D eigenvalue weighted by atomic mass is 9.95. The molecule has 6 nitrogen and oxygen atoms in total. The molecule has 2 amide bonds. The van der Waals surface area contributed by atoms with E-state index in [1.54, 1.807) is 13.0 Å². The van der Waals surface area contributed by atoms with Gasteiger partial charge in [0, 0.05) is 24.9 Å². The van der Waals surface area contributed by atoms with Gasteiger partial charge >= 0.3 is 5.97 Å². The van der Waals surface area contributed by atoms with Gasteiger partial charge < -0.3 is 15.0 Å². The van der Waals surface area contributed by atoms with Gasteiger partial charge in [0.15, 0.2) is 0 Å². The molecule has 2 heterocycles. The van der Waals surface area contributed by atoms with E-state index in [1.165, 1.54) is 11.3 Å². The van der Waals surface area contributed by atoms with Crippen molar-refractivity contribution in [3.8, 4) is 0 Å². The molecule has 1 saturated heterocycles. The van der Waals surface area contributed by atoms with Gasteiger partial charge in [-0.25, -0.2) is 4.79 Å². The number of thiophene rings is 1. The SMILES string of the molecule is CCOC(=O)c1sc(NC(=O)C2CCN(C(=O)C(C)C)CC2)cc1C. The zero-order valence-electron chi connectivity index (χ0n) is 15.3. The number of piperidine rings is 1. The van der Waals surface area contributed by atoms with Crippen LogP contribution in [-0.2, 0) is 14.3 Å². The summed E-state index contributed by atoms with van der Waals surface area (Å²) in [4.78, 5) is 38.7. The molecule has 0 atom stereocenters. The molecular formula is C18H26N2O4S. The topological polar surface area (TPSA) is 75.7 Å². The molecule has 2 rings (SSSR count). The maximum absolute atomic E-state index is 12.5. The van der Waals surface area contributed by atoms with Gasteiger partial charge in [-0.05, 0) is 38.3 Å².